The zero-order valence-corrected chi connectivity index (χ0v) is 8.25. The van der Waals surface area contributed by atoms with Crippen LogP contribution < -0.4 is 0 Å². The van der Waals surface area contributed by atoms with Gasteiger partial charge in [0.2, 0.25) is 0 Å². The largest absolute Gasteiger partial charge is 0.236 e. The summed E-state index contributed by atoms with van der Waals surface area (Å²) < 4.78 is 0. The second-order valence-electron chi connectivity index (χ2n) is 3.74. The van der Waals surface area contributed by atoms with E-state index in [9.17, 15) is 0 Å². The van der Waals surface area contributed by atoms with Crippen LogP contribution in [0.1, 0.15) is 34.6 Å². The quantitative estimate of drug-likeness (QED) is 0.603. The fourth-order valence-electron chi connectivity index (χ4n) is 2.08. The Hall–Kier alpha value is -2.46. The Balaban J connectivity index is 2.28. The summed E-state index contributed by atoms with van der Waals surface area (Å²) in [6.45, 7) is 0. The van der Waals surface area contributed by atoms with E-state index >= 15 is 0 Å². The van der Waals surface area contributed by atoms with Gasteiger partial charge < -0.3 is 0 Å². The summed E-state index contributed by atoms with van der Waals surface area (Å²) in [6, 6.07) is 3.82. The molecule has 16 heavy (non-hydrogen) atoms. The molecule has 1 aromatic heterocycles. The second-order valence-corrected chi connectivity index (χ2v) is 3.74. The van der Waals surface area contributed by atoms with Gasteiger partial charge in [-0.2, -0.15) is 10.5 Å². The van der Waals surface area contributed by atoms with Gasteiger partial charge in [-0.05, 0) is 0 Å². The standard InChI is InChI=1S/C12H6N4/c13-5-9-10(6-14)16-12-8-2-1-7(3-4-8)11(12)15-9/h1-4,7-8H. The van der Waals surface area contributed by atoms with Crippen LogP contribution in [0.3, 0.4) is 0 Å². The molecule has 4 rings (SSSR count). The minimum absolute atomic E-state index is 0.104. The summed E-state index contributed by atoms with van der Waals surface area (Å²) in [6.07, 6.45) is 8.20. The second kappa shape index (κ2) is 3.01. The van der Waals surface area contributed by atoms with Crippen molar-refractivity contribution in [3.05, 3.63) is 47.1 Å². The molecule has 0 fully saturated rings. The SMILES string of the molecule is N#Cc1nc2c(nc1C#N)C1C=CC2C=C1. The maximum Gasteiger partial charge on any atom is 0.177 e. The Morgan fingerprint density at radius 1 is 0.812 bits per heavy atom. The first-order valence-electron chi connectivity index (χ1n) is 4.92. The van der Waals surface area contributed by atoms with E-state index in [-0.39, 0.29) is 23.2 Å². The molecule has 4 heteroatoms. The van der Waals surface area contributed by atoms with Crippen LogP contribution in [0.4, 0.5) is 0 Å². The predicted molar refractivity (Wildman–Crippen MR) is 55.2 cm³/mol. The summed E-state index contributed by atoms with van der Waals surface area (Å²) >= 11 is 0. The zero-order valence-electron chi connectivity index (χ0n) is 8.25. The first-order valence-corrected chi connectivity index (χ1v) is 4.92. The maximum atomic E-state index is 8.88. The molecule has 0 N–H and O–H groups in total. The molecule has 0 spiro atoms. The van der Waals surface area contributed by atoms with Crippen molar-refractivity contribution in [1.82, 2.24) is 9.97 Å². The van der Waals surface area contributed by atoms with Gasteiger partial charge >= 0.3 is 0 Å². The van der Waals surface area contributed by atoms with E-state index in [4.69, 9.17) is 10.5 Å². The Kier molecular flexibility index (Phi) is 1.66. The van der Waals surface area contributed by atoms with Crippen molar-refractivity contribution in [3.63, 3.8) is 0 Å². The molecule has 74 valence electrons. The van der Waals surface area contributed by atoms with Gasteiger partial charge in [-0.15, -0.1) is 0 Å². The monoisotopic (exact) mass is 206 g/mol. The molecule has 0 aliphatic heterocycles. The molecule has 4 nitrogen and oxygen atoms in total. The van der Waals surface area contributed by atoms with Gasteiger partial charge in [0, 0.05) is 11.8 Å². The van der Waals surface area contributed by atoms with Crippen LogP contribution in [0.25, 0.3) is 0 Å². The fourth-order valence-corrected chi connectivity index (χ4v) is 2.08. The molecule has 3 aliphatic carbocycles. The Labute approximate surface area is 92.2 Å². The zero-order chi connectivity index (χ0) is 11.1. The van der Waals surface area contributed by atoms with Crippen LogP contribution >= 0.6 is 0 Å². The van der Waals surface area contributed by atoms with Gasteiger partial charge in [-0.1, -0.05) is 24.3 Å². The topological polar surface area (TPSA) is 73.4 Å². The molecule has 0 unspecified atom stereocenters. The van der Waals surface area contributed by atoms with Crippen LogP contribution in [0.15, 0.2) is 24.3 Å². The van der Waals surface area contributed by atoms with Crippen molar-refractivity contribution in [2.24, 2.45) is 0 Å². The predicted octanol–water partition coefficient (Wildman–Crippen LogP) is 1.53. The van der Waals surface area contributed by atoms with Gasteiger partial charge in [-0.3, -0.25) is 0 Å². The first kappa shape index (κ1) is 8.82. The number of aromatic nitrogens is 2. The normalized spacial score (nSPS) is 23.6. The lowest BCUT2D eigenvalue weighted by molar-refractivity contribution is 0.785. The molecule has 0 saturated heterocycles. The molecule has 1 heterocycles. The maximum absolute atomic E-state index is 8.88. The van der Waals surface area contributed by atoms with Crippen molar-refractivity contribution >= 4 is 0 Å². The molecular weight excluding hydrogens is 200 g/mol. The molecule has 3 aliphatic rings. The summed E-state index contributed by atoms with van der Waals surface area (Å²) in [5, 5.41) is 17.8. The third kappa shape index (κ3) is 1.01. The van der Waals surface area contributed by atoms with Crippen LogP contribution in [-0.4, -0.2) is 9.97 Å². The van der Waals surface area contributed by atoms with E-state index in [1.54, 1.807) is 0 Å². The lowest BCUT2D eigenvalue weighted by atomic mass is 9.82. The van der Waals surface area contributed by atoms with Gasteiger partial charge in [-0.25, -0.2) is 9.97 Å². The smallest absolute Gasteiger partial charge is 0.177 e. The number of nitrogens with zero attached hydrogens (tertiary/aromatic N) is 4. The highest BCUT2D eigenvalue weighted by molar-refractivity contribution is 5.48. The minimum atomic E-state index is 0.104. The van der Waals surface area contributed by atoms with Crippen LogP contribution in [0, 0.1) is 22.7 Å². The Morgan fingerprint density at radius 2 is 1.19 bits per heavy atom. The summed E-state index contributed by atoms with van der Waals surface area (Å²) in [5.74, 6) is 0.208. The summed E-state index contributed by atoms with van der Waals surface area (Å²) in [7, 11) is 0. The van der Waals surface area contributed by atoms with Gasteiger partial charge in [0.25, 0.3) is 0 Å². The molecule has 0 amide bonds. The van der Waals surface area contributed by atoms with Crippen molar-refractivity contribution in [2.45, 2.75) is 11.8 Å². The Bertz CT molecular complexity index is 546. The number of rotatable bonds is 0. The highest BCUT2D eigenvalue weighted by atomic mass is 14.9. The summed E-state index contributed by atoms with van der Waals surface area (Å²) in [5.41, 5.74) is 1.86. The van der Waals surface area contributed by atoms with E-state index in [0.717, 1.165) is 11.4 Å². The van der Waals surface area contributed by atoms with E-state index in [1.165, 1.54) is 0 Å². The Morgan fingerprint density at radius 3 is 1.50 bits per heavy atom. The third-order valence-electron chi connectivity index (χ3n) is 2.85. The van der Waals surface area contributed by atoms with Crippen molar-refractivity contribution < 1.29 is 0 Å². The first-order chi connectivity index (χ1) is 7.83. The molecular formula is C12H6N4. The van der Waals surface area contributed by atoms with Crippen molar-refractivity contribution in [1.29, 1.82) is 10.5 Å². The molecule has 2 bridgehead atoms. The number of hydrogen-bond donors (Lipinski definition) is 0. The van der Waals surface area contributed by atoms with E-state index in [2.05, 4.69) is 34.3 Å². The number of hydrogen-bond acceptors (Lipinski definition) is 4. The minimum Gasteiger partial charge on any atom is -0.236 e. The fraction of sp³-hybridized carbons (Fsp3) is 0.167. The highest BCUT2D eigenvalue weighted by Crippen LogP contribution is 2.38. The molecule has 0 atom stereocenters. The number of allylic oxidation sites excluding steroid dienone is 4. The molecule has 0 radical (unpaired) electrons. The average Bonchev–Trinajstić information content (AvgIpc) is 2.38. The van der Waals surface area contributed by atoms with Crippen LogP contribution in [0.5, 0.6) is 0 Å². The van der Waals surface area contributed by atoms with E-state index in [1.807, 2.05) is 12.1 Å². The highest BCUT2D eigenvalue weighted by Gasteiger charge is 2.28. The third-order valence-corrected chi connectivity index (χ3v) is 2.85. The lowest BCUT2D eigenvalue weighted by Gasteiger charge is -2.26. The number of nitriles is 2. The average molecular weight is 206 g/mol. The van der Waals surface area contributed by atoms with E-state index in [0.29, 0.717) is 0 Å². The van der Waals surface area contributed by atoms with Crippen LogP contribution in [0.2, 0.25) is 0 Å². The van der Waals surface area contributed by atoms with Gasteiger partial charge in [0.05, 0.1) is 11.4 Å². The molecule has 1 aromatic rings. The van der Waals surface area contributed by atoms with Crippen molar-refractivity contribution in [2.75, 3.05) is 0 Å². The van der Waals surface area contributed by atoms with Crippen LogP contribution in [-0.2, 0) is 0 Å². The lowest BCUT2D eigenvalue weighted by Crippen LogP contribution is -2.18. The summed E-state index contributed by atoms with van der Waals surface area (Å²) in [4.78, 5) is 8.47. The van der Waals surface area contributed by atoms with Gasteiger partial charge in [0.1, 0.15) is 12.1 Å². The van der Waals surface area contributed by atoms with Gasteiger partial charge in [0.15, 0.2) is 11.4 Å². The van der Waals surface area contributed by atoms with Crippen molar-refractivity contribution in [3.8, 4) is 12.1 Å². The van der Waals surface area contributed by atoms with E-state index < -0.39 is 0 Å². The molecule has 0 saturated carbocycles. The molecule has 0 aromatic carbocycles.